The van der Waals surface area contributed by atoms with E-state index in [-0.39, 0.29) is 0 Å². The molecule has 0 saturated carbocycles. The van der Waals surface area contributed by atoms with Crippen molar-refractivity contribution < 1.29 is 0 Å². The van der Waals surface area contributed by atoms with Crippen molar-refractivity contribution in [3.8, 4) is 0 Å². The summed E-state index contributed by atoms with van der Waals surface area (Å²) in [4.78, 5) is 1.31. The predicted molar refractivity (Wildman–Crippen MR) is 71.8 cm³/mol. The highest BCUT2D eigenvalue weighted by Crippen LogP contribution is 2.30. The number of rotatable bonds is 1. The molecule has 0 saturated heterocycles. The van der Waals surface area contributed by atoms with E-state index in [1.54, 1.807) is 11.3 Å². The van der Waals surface area contributed by atoms with Crippen LogP contribution in [-0.2, 0) is 0 Å². The first-order chi connectivity index (χ1) is 7.20. The van der Waals surface area contributed by atoms with Crippen LogP contribution in [0.1, 0.15) is 4.88 Å². The van der Waals surface area contributed by atoms with Crippen LogP contribution in [0.4, 0.5) is 5.69 Å². The molecular formula is C11H12N2S2. The van der Waals surface area contributed by atoms with Crippen LogP contribution in [-0.4, -0.2) is 12.2 Å². The molecule has 4 heteroatoms. The summed E-state index contributed by atoms with van der Waals surface area (Å²) < 4.78 is 1.29. The van der Waals surface area contributed by atoms with Crippen molar-refractivity contribution in [2.45, 2.75) is 6.92 Å². The molecule has 1 aromatic heterocycles. The van der Waals surface area contributed by atoms with Gasteiger partial charge in [-0.3, -0.25) is 0 Å². The maximum atomic E-state index is 5.09. The van der Waals surface area contributed by atoms with Gasteiger partial charge in [0.05, 0.1) is 0 Å². The topological polar surface area (TPSA) is 24.1 Å². The molecule has 0 aliphatic carbocycles. The molecule has 0 amide bonds. The van der Waals surface area contributed by atoms with Gasteiger partial charge >= 0.3 is 0 Å². The van der Waals surface area contributed by atoms with Gasteiger partial charge in [-0.1, -0.05) is 6.07 Å². The molecule has 0 unspecified atom stereocenters. The average molecular weight is 236 g/mol. The van der Waals surface area contributed by atoms with E-state index < -0.39 is 0 Å². The first-order valence-electron chi connectivity index (χ1n) is 4.68. The third-order valence-corrected chi connectivity index (χ3v) is 3.48. The fourth-order valence-electron chi connectivity index (χ4n) is 1.48. The summed E-state index contributed by atoms with van der Waals surface area (Å²) in [6, 6.07) is 8.39. The van der Waals surface area contributed by atoms with E-state index in [1.165, 1.54) is 15.0 Å². The molecule has 0 fully saturated rings. The monoisotopic (exact) mass is 236 g/mol. The van der Waals surface area contributed by atoms with E-state index in [4.69, 9.17) is 12.2 Å². The summed E-state index contributed by atoms with van der Waals surface area (Å²) in [7, 11) is 1.81. The zero-order chi connectivity index (χ0) is 10.8. The zero-order valence-corrected chi connectivity index (χ0v) is 10.3. The Balaban J connectivity index is 2.46. The highest BCUT2D eigenvalue weighted by atomic mass is 32.1. The van der Waals surface area contributed by atoms with E-state index in [2.05, 4.69) is 29.7 Å². The first kappa shape index (κ1) is 10.4. The smallest absolute Gasteiger partial charge is 0.170 e. The van der Waals surface area contributed by atoms with Gasteiger partial charge in [-0.25, -0.2) is 0 Å². The second-order valence-electron chi connectivity index (χ2n) is 3.28. The van der Waals surface area contributed by atoms with Crippen molar-refractivity contribution in [1.29, 1.82) is 0 Å². The molecule has 2 aromatic rings. The molecule has 0 radical (unpaired) electrons. The summed E-state index contributed by atoms with van der Waals surface area (Å²) in [6.45, 7) is 2.12. The van der Waals surface area contributed by atoms with Crippen molar-refractivity contribution in [2.75, 3.05) is 12.4 Å². The van der Waals surface area contributed by atoms with Gasteiger partial charge in [-0.05, 0) is 37.3 Å². The van der Waals surface area contributed by atoms with Crippen molar-refractivity contribution in [3.63, 3.8) is 0 Å². The van der Waals surface area contributed by atoms with Crippen LogP contribution in [0.5, 0.6) is 0 Å². The molecule has 78 valence electrons. The zero-order valence-electron chi connectivity index (χ0n) is 8.63. The Hall–Kier alpha value is -1.13. The molecule has 1 heterocycles. The number of aryl methyl sites for hydroxylation is 1. The van der Waals surface area contributed by atoms with Gasteiger partial charge in [0.25, 0.3) is 0 Å². The molecular weight excluding hydrogens is 224 g/mol. The highest BCUT2D eigenvalue weighted by molar-refractivity contribution is 7.80. The molecule has 1 aromatic carbocycles. The number of anilines is 1. The predicted octanol–water partition coefficient (Wildman–Crippen LogP) is 3.13. The normalized spacial score (nSPS) is 10.3. The van der Waals surface area contributed by atoms with Crippen LogP contribution in [0.15, 0.2) is 24.3 Å². The quantitative estimate of drug-likeness (QED) is 0.744. The van der Waals surface area contributed by atoms with E-state index >= 15 is 0 Å². The van der Waals surface area contributed by atoms with Gasteiger partial charge in [-0.2, -0.15) is 0 Å². The Labute approximate surface area is 98.3 Å². The fourth-order valence-corrected chi connectivity index (χ4v) is 2.54. The van der Waals surface area contributed by atoms with Crippen LogP contribution >= 0.6 is 23.6 Å². The van der Waals surface area contributed by atoms with Gasteiger partial charge < -0.3 is 10.6 Å². The second kappa shape index (κ2) is 4.16. The minimum absolute atomic E-state index is 0.645. The lowest BCUT2D eigenvalue weighted by atomic mass is 10.2. The van der Waals surface area contributed by atoms with Crippen molar-refractivity contribution in [3.05, 3.63) is 29.1 Å². The molecule has 0 atom stereocenters. The van der Waals surface area contributed by atoms with Crippen LogP contribution < -0.4 is 10.6 Å². The Kier molecular flexibility index (Phi) is 2.88. The van der Waals surface area contributed by atoms with Crippen LogP contribution in [0.25, 0.3) is 10.1 Å². The summed E-state index contributed by atoms with van der Waals surface area (Å²) >= 11 is 6.89. The Morgan fingerprint density at radius 1 is 1.40 bits per heavy atom. The van der Waals surface area contributed by atoms with Gasteiger partial charge in [0.2, 0.25) is 0 Å². The van der Waals surface area contributed by atoms with Gasteiger partial charge in [0.15, 0.2) is 5.11 Å². The minimum Gasteiger partial charge on any atom is -0.366 e. The Morgan fingerprint density at radius 3 is 2.93 bits per heavy atom. The lowest BCUT2D eigenvalue weighted by molar-refractivity contribution is 1.20. The molecule has 0 aliphatic rings. The van der Waals surface area contributed by atoms with Crippen molar-refractivity contribution in [1.82, 2.24) is 5.32 Å². The molecule has 0 bridgehead atoms. The SMILES string of the molecule is CNC(=S)Nc1cccc2sc(C)cc12. The fraction of sp³-hybridized carbons (Fsp3) is 0.182. The van der Waals surface area contributed by atoms with Gasteiger partial charge in [0.1, 0.15) is 0 Å². The summed E-state index contributed by atoms with van der Waals surface area (Å²) in [5.74, 6) is 0. The van der Waals surface area contributed by atoms with Crippen LogP contribution in [0.3, 0.4) is 0 Å². The molecule has 15 heavy (non-hydrogen) atoms. The Bertz CT molecular complexity index is 502. The van der Waals surface area contributed by atoms with Gasteiger partial charge in [0, 0.05) is 27.7 Å². The number of nitrogens with one attached hydrogen (secondary N) is 2. The lowest BCUT2D eigenvalue weighted by Crippen LogP contribution is -2.24. The second-order valence-corrected chi connectivity index (χ2v) is 4.97. The third-order valence-electron chi connectivity index (χ3n) is 2.16. The number of fused-ring (bicyclic) bond motifs is 1. The number of thiophene rings is 1. The van der Waals surface area contributed by atoms with E-state index in [0.29, 0.717) is 5.11 Å². The first-order valence-corrected chi connectivity index (χ1v) is 5.91. The van der Waals surface area contributed by atoms with E-state index in [9.17, 15) is 0 Å². The van der Waals surface area contributed by atoms with Gasteiger partial charge in [-0.15, -0.1) is 11.3 Å². The largest absolute Gasteiger partial charge is 0.366 e. The highest BCUT2D eigenvalue weighted by Gasteiger charge is 2.04. The standard InChI is InChI=1S/C11H12N2S2/c1-7-6-8-9(13-11(14)12-2)4-3-5-10(8)15-7/h3-6H,1-2H3,(H2,12,13,14). The number of benzene rings is 1. The third kappa shape index (κ3) is 2.11. The van der Waals surface area contributed by atoms with Crippen LogP contribution in [0, 0.1) is 6.92 Å². The summed E-state index contributed by atoms with van der Waals surface area (Å²) in [5, 5.41) is 7.96. The number of thiocarbonyl (C=S) groups is 1. The molecule has 0 aliphatic heterocycles. The number of hydrogen-bond donors (Lipinski definition) is 2. The van der Waals surface area contributed by atoms with Crippen molar-refractivity contribution >= 4 is 44.4 Å². The summed E-state index contributed by atoms with van der Waals surface area (Å²) in [6.07, 6.45) is 0. The molecule has 2 nitrogen and oxygen atoms in total. The Morgan fingerprint density at radius 2 is 2.20 bits per heavy atom. The maximum absolute atomic E-state index is 5.09. The molecule has 2 rings (SSSR count). The average Bonchev–Trinajstić information content (AvgIpc) is 2.59. The van der Waals surface area contributed by atoms with Crippen LogP contribution in [0.2, 0.25) is 0 Å². The summed E-state index contributed by atoms with van der Waals surface area (Å²) in [5.41, 5.74) is 1.07. The van der Waals surface area contributed by atoms with E-state index in [1.807, 2.05) is 19.2 Å². The lowest BCUT2D eigenvalue weighted by Gasteiger charge is -2.07. The van der Waals surface area contributed by atoms with Crippen molar-refractivity contribution in [2.24, 2.45) is 0 Å². The maximum Gasteiger partial charge on any atom is 0.170 e. The number of hydrogen-bond acceptors (Lipinski definition) is 2. The minimum atomic E-state index is 0.645. The molecule has 0 spiro atoms. The van der Waals surface area contributed by atoms with E-state index in [0.717, 1.165) is 5.69 Å². The molecule has 2 N–H and O–H groups in total.